The van der Waals surface area contributed by atoms with Crippen LogP contribution in [-0.2, 0) is 13.0 Å². The fourth-order valence-electron chi connectivity index (χ4n) is 3.13. The van der Waals surface area contributed by atoms with Crippen LogP contribution >= 0.6 is 35.0 Å². The zero-order chi connectivity index (χ0) is 21.8. The summed E-state index contributed by atoms with van der Waals surface area (Å²) in [5, 5.41) is 22.9. The van der Waals surface area contributed by atoms with Gasteiger partial charge in [-0.3, -0.25) is 10.1 Å². The van der Waals surface area contributed by atoms with E-state index in [1.54, 1.807) is 24.3 Å². The molecule has 0 fully saturated rings. The molecule has 0 unspecified atom stereocenters. The van der Waals surface area contributed by atoms with Crippen molar-refractivity contribution in [2.24, 2.45) is 0 Å². The van der Waals surface area contributed by atoms with Crippen molar-refractivity contribution in [3.8, 4) is 0 Å². The number of hydrogen-bond acceptors (Lipinski definition) is 5. The molecule has 0 aliphatic carbocycles. The summed E-state index contributed by atoms with van der Waals surface area (Å²) < 4.78 is 1.94. The standard InChI is InChI=1S/C21H21Cl2N3O3S/c1-13(2)20-21(30-17-10-15(22)9-16(23)11-17)25(19(24-20)7-8-27)12-14-5-3-4-6-18(14)26(28)29/h3-6,9-11,13,27H,7-8,12H2,1-2H3. The van der Waals surface area contributed by atoms with E-state index in [0.29, 0.717) is 27.9 Å². The quantitative estimate of drug-likeness (QED) is 0.328. The summed E-state index contributed by atoms with van der Waals surface area (Å²) in [6.07, 6.45) is 0.344. The fourth-order valence-corrected chi connectivity index (χ4v) is 5.05. The van der Waals surface area contributed by atoms with Crippen molar-refractivity contribution in [3.63, 3.8) is 0 Å². The van der Waals surface area contributed by atoms with E-state index in [9.17, 15) is 15.2 Å². The summed E-state index contributed by atoms with van der Waals surface area (Å²) >= 11 is 13.8. The fraction of sp³-hybridized carbons (Fsp3) is 0.286. The van der Waals surface area contributed by atoms with Crippen LogP contribution < -0.4 is 0 Å². The number of aliphatic hydroxyl groups is 1. The lowest BCUT2D eigenvalue weighted by Crippen LogP contribution is -2.09. The molecule has 3 aromatic rings. The average molecular weight is 466 g/mol. The molecule has 0 atom stereocenters. The number of benzene rings is 2. The normalized spacial score (nSPS) is 11.3. The molecule has 0 saturated carbocycles. The van der Waals surface area contributed by atoms with E-state index in [4.69, 9.17) is 28.2 Å². The van der Waals surface area contributed by atoms with Gasteiger partial charge in [0.1, 0.15) is 10.9 Å². The number of para-hydroxylation sites is 1. The molecule has 2 aromatic carbocycles. The Morgan fingerprint density at radius 1 is 1.20 bits per heavy atom. The largest absolute Gasteiger partial charge is 0.396 e. The Bertz CT molecular complexity index is 1050. The van der Waals surface area contributed by atoms with Gasteiger partial charge in [0.25, 0.3) is 5.69 Å². The van der Waals surface area contributed by atoms with Crippen LogP contribution in [0.25, 0.3) is 0 Å². The molecular formula is C21H21Cl2N3O3S. The number of nitro benzene ring substituents is 1. The Morgan fingerprint density at radius 2 is 1.87 bits per heavy atom. The maximum Gasteiger partial charge on any atom is 0.274 e. The molecule has 158 valence electrons. The van der Waals surface area contributed by atoms with E-state index in [2.05, 4.69) is 0 Å². The number of halogens is 2. The van der Waals surface area contributed by atoms with Crippen LogP contribution in [0, 0.1) is 10.1 Å². The SMILES string of the molecule is CC(C)c1nc(CCO)n(Cc2ccccc2[N+](=O)[O-])c1Sc1cc(Cl)cc(Cl)c1. The van der Waals surface area contributed by atoms with E-state index >= 15 is 0 Å². The average Bonchev–Trinajstić information content (AvgIpc) is 2.99. The van der Waals surface area contributed by atoms with Gasteiger partial charge in [0.2, 0.25) is 0 Å². The molecule has 1 N–H and O–H groups in total. The van der Waals surface area contributed by atoms with Crippen molar-refractivity contribution in [1.82, 2.24) is 9.55 Å². The summed E-state index contributed by atoms with van der Waals surface area (Å²) in [5.74, 6) is 0.793. The Morgan fingerprint density at radius 3 is 2.47 bits per heavy atom. The number of nitrogens with zero attached hydrogens (tertiary/aromatic N) is 3. The third kappa shape index (κ3) is 5.16. The molecule has 0 radical (unpaired) electrons. The second-order valence-corrected chi connectivity index (χ2v) is 8.96. The number of aromatic nitrogens is 2. The van der Waals surface area contributed by atoms with E-state index in [1.165, 1.54) is 17.8 Å². The lowest BCUT2D eigenvalue weighted by atomic mass is 10.1. The Labute approximate surface area is 189 Å². The Kier molecular flexibility index (Phi) is 7.41. The summed E-state index contributed by atoms with van der Waals surface area (Å²) in [7, 11) is 0. The van der Waals surface area contributed by atoms with Crippen molar-refractivity contribution < 1.29 is 10.0 Å². The van der Waals surface area contributed by atoms with Crippen molar-refractivity contribution in [2.75, 3.05) is 6.61 Å². The molecule has 6 nitrogen and oxygen atoms in total. The molecule has 0 saturated heterocycles. The van der Waals surface area contributed by atoms with E-state index < -0.39 is 0 Å². The molecule has 0 aliphatic rings. The lowest BCUT2D eigenvalue weighted by Gasteiger charge is -2.14. The first-order valence-corrected chi connectivity index (χ1v) is 10.9. The smallest absolute Gasteiger partial charge is 0.274 e. The summed E-state index contributed by atoms with van der Waals surface area (Å²) in [4.78, 5) is 16.7. The molecule has 0 bridgehead atoms. The van der Waals surface area contributed by atoms with Gasteiger partial charge in [-0.25, -0.2) is 4.98 Å². The monoisotopic (exact) mass is 465 g/mol. The van der Waals surface area contributed by atoms with E-state index in [-0.39, 0.29) is 29.7 Å². The second kappa shape index (κ2) is 9.83. The number of aliphatic hydroxyl groups excluding tert-OH is 1. The van der Waals surface area contributed by atoms with Crippen LogP contribution in [0.5, 0.6) is 0 Å². The molecule has 3 rings (SSSR count). The van der Waals surface area contributed by atoms with E-state index in [1.807, 2.05) is 30.5 Å². The topological polar surface area (TPSA) is 81.2 Å². The number of rotatable bonds is 8. The van der Waals surface area contributed by atoms with Gasteiger partial charge in [0.05, 0.1) is 23.8 Å². The summed E-state index contributed by atoms with van der Waals surface area (Å²) in [6, 6.07) is 11.9. The first-order valence-electron chi connectivity index (χ1n) is 9.36. The number of imidazole rings is 1. The molecule has 0 amide bonds. The van der Waals surface area contributed by atoms with Gasteiger partial charge < -0.3 is 9.67 Å². The van der Waals surface area contributed by atoms with Gasteiger partial charge in [0.15, 0.2) is 0 Å². The summed E-state index contributed by atoms with van der Waals surface area (Å²) in [6.45, 7) is 4.27. The van der Waals surface area contributed by atoms with Crippen LogP contribution in [-0.4, -0.2) is 26.2 Å². The number of hydrogen-bond donors (Lipinski definition) is 1. The van der Waals surface area contributed by atoms with Gasteiger partial charge in [-0.2, -0.15) is 0 Å². The molecule has 30 heavy (non-hydrogen) atoms. The van der Waals surface area contributed by atoms with E-state index in [0.717, 1.165) is 15.6 Å². The molecule has 9 heteroatoms. The molecular weight excluding hydrogens is 445 g/mol. The lowest BCUT2D eigenvalue weighted by molar-refractivity contribution is -0.385. The maximum absolute atomic E-state index is 11.5. The van der Waals surface area contributed by atoms with Crippen LogP contribution in [0.15, 0.2) is 52.4 Å². The van der Waals surface area contributed by atoms with Crippen LogP contribution in [0.1, 0.15) is 36.8 Å². The number of nitro groups is 1. The highest BCUT2D eigenvalue weighted by atomic mass is 35.5. The van der Waals surface area contributed by atoms with Crippen molar-refractivity contribution in [2.45, 2.75) is 42.7 Å². The minimum absolute atomic E-state index is 0.0500. The highest BCUT2D eigenvalue weighted by molar-refractivity contribution is 7.99. The first kappa shape index (κ1) is 22.6. The summed E-state index contributed by atoms with van der Waals surface area (Å²) in [5.41, 5.74) is 1.48. The minimum Gasteiger partial charge on any atom is -0.396 e. The third-order valence-corrected chi connectivity index (χ3v) is 6.01. The molecule has 0 aliphatic heterocycles. The van der Waals surface area contributed by atoms with Gasteiger partial charge >= 0.3 is 0 Å². The molecule has 1 heterocycles. The Hall–Kier alpha value is -2.06. The van der Waals surface area contributed by atoms with Crippen LogP contribution in [0.4, 0.5) is 5.69 Å². The molecule has 1 aromatic heterocycles. The minimum atomic E-state index is -0.384. The predicted octanol–water partition coefficient (Wildman–Crippen LogP) is 5.96. The van der Waals surface area contributed by atoms with Crippen LogP contribution in [0.3, 0.4) is 0 Å². The van der Waals surface area contributed by atoms with Crippen molar-refractivity contribution >= 4 is 40.7 Å². The van der Waals surface area contributed by atoms with Crippen LogP contribution in [0.2, 0.25) is 10.0 Å². The van der Waals surface area contributed by atoms with Gasteiger partial charge in [-0.15, -0.1) is 0 Å². The first-order chi connectivity index (χ1) is 14.3. The Balaban J connectivity index is 2.13. The highest BCUT2D eigenvalue weighted by Gasteiger charge is 2.23. The maximum atomic E-state index is 11.5. The van der Waals surface area contributed by atoms with Gasteiger partial charge in [-0.05, 0) is 24.1 Å². The molecule has 0 spiro atoms. The van der Waals surface area contributed by atoms with Gasteiger partial charge in [-0.1, -0.05) is 67.0 Å². The third-order valence-electron chi connectivity index (χ3n) is 4.48. The second-order valence-electron chi connectivity index (χ2n) is 7.03. The van der Waals surface area contributed by atoms with Crippen molar-refractivity contribution in [3.05, 3.63) is 79.7 Å². The van der Waals surface area contributed by atoms with Crippen molar-refractivity contribution in [1.29, 1.82) is 0 Å². The predicted molar refractivity (Wildman–Crippen MR) is 120 cm³/mol. The zero-order valence-electron chi connectivity index (χ0n) is 16.5. The van der Waals surface area contributed by atoms with Gasteiger partial charge in [0, 0.05) is 33.0 Å². The highest BCUT2D eigenvalue weighted by Crippen LogP contribution is 2.38. The zero-order valence-corrected chi connectivity index (χ0v) is 18.8.